The summed E-state index contributed by atoms with van der Waals surface area (Å²) in [5, 5.41) is 12.9. The van der Waals surface area contributed by atoms with Crippen LogP contribution in [0.15, 0.2) is 28.2 Å². The van der Waals surface area contributed by atoms with Gasteiger partial charge in [0.05, 0.1) is 9.95 Å². The molecule has 1 aromatic carbocycles. The number of hydrogen-bond acceptors (Lipinski definition) is 5. The molecule has 0 saturated heterocycles. The molecule has 0 N–H and O–H groups in total. The predicted octanol–water partition coefficient (Wildman–Crippen LogP) is 4.26. The van der Waals surface area contributed by atoms with Crippen molar-refractivity contribution in [1.82, 2.24) is 4.98 Å². The lowest BCUT2D eigenvalue weighted by molar-refractivity contribution is -0.384. The van der Waals surface area contributed by atoms with Gasteiger partial charge in [-0.05, 0) is 22.0 Å². The van der Waals surface area contributed by atoms with Gasteiger partial charge in [0.25, 0.3) is 10.9 Å². The van der Waals surface area contributed by atoms with Crippen LogP contribution in [0.1, 0.15) is 0 Å². The maximum absolute atomic E-state index is 10.5. The molecule has 1 heterocycles. The molecule has 0 saturated carbocycles. The summed E-state index contributed by atoms with van der Waals surface area (Å²) in [5.41, 5.74) is -0.0809. The van der Waals surface area contributed by atoms with Crippen LogP contribution in [0.3, 0.4) is 0 Å². The molecule has 8 heteroatoms. The number of ether oxygens (including phenoxy) is 1. The molecule has 5 nitrogen and oxygen atoms in total. The van der Waals surface area contributed by atoms with Crippen LogP contribution in [0, 0.1) is 10.1 Å². The van der Waals surface area contributed by atoms with Gasteiger partial charge in [-0.25, -0.2) is 0 Å². The monoisotopic (exact) mass is 334 g/mol. The fourth-order valence-electron chi connectivity index (χ4n) is 1.07. The van der Waals surface area contributed by atoms with Crippen molar-refractivity contribution in [3.8, 4) is 10.9 Å². The molecule has 2 rings (SSSR count). The molecule has 2 aromatic rings. The van der Waals surface area contributed by atoms with E-state index in [4.69, 9.17) is 16.3 Å². The van der Waals surface area contributed by atoms with Gasteiger partial charge in [-0.3, -0.25) is 10.1 Å². The van der Waals surface area contributed by atoms with Gasteiger partial charge in [-0.1, -0.05) is 22.9 Å². The summed E-state index contributed by atoms with van der Waals surface area (Å²) in [5.74, 6) is 0.333. The van der Waals surface area contributed by atoms with Gasteiger partial charge in [0.1, 0.15) is 10.4 Å². The van der Waals surface area contributed by atoms with Crippen LogP contribution in [-0.4, -0.2) is 9.91 Å². The number of nitro groups is 1. The Hall–Kier alpha value is -1.18. The molecule has 17 heavy (non-hydrogen) atoms. The second kappa shape index (κ2) is 4.99. The lowest BCUT2D eigenvalue weighted by atomic mass is 10.3. The smallest absolute Gasteiger partial charge is 0.279 e. The first-order valence-corrected chi connectivity index (χ1v) is 6.34. The largest absolute Gasteiger partial charge is 0.429 e. The van der Waals surface area contributed by atoms with Crippen molar-refractivity contribution in [2.24, 2.45) is 0 Å². The van der Waals surface area contributed by atoms with E-state index in [2.05, 4.69) is 20.9 Å². The third kappa shape index (κ3) is 2.93. The SMILES string of the molecule is O=[N+]([O-])c1ccc(Oc2nc(Br)cs2)c(Cl)c1. The lowest BCUT2D eigenvalue weighted by Crippen LogP contribution is -1.89. The predicted molar refractivity (Wildman–Crippen MR) is 68.0 cm³/mol. The van der Waals surface area contributed by atoms with Gasteiger partial charge in [0.2, 0.25) is 0 Å². The molecular formula is C9H4BrClN2O3S. The van der Waals surface area contributed by atoms with E-state index in [0.29, 0.717) is 15.5 Å². The molecule has 0 amide bonds. The highest BCUT2D eigenvalue weighted by molar-refractivity contribution is 9.10. The second-order valence-electron chi connectivity index (χ2n) is 2.91. The average Bonchev–Trinajstić information content (AvgIpc) is 2.67. The summed E-state index contributed by atoms with van der Waals surface area (Å²) in [6.07, 6.45) is 0. The van der Waals surface area contributed by atoms with Crippen molar-refractivity contribution < 1.29 is 9.66 Å². The van der Waals surface area contributed by atoms with Crippen LogP contribution in [0.4, 0.5) is 5.69 Å². The second-order valence-corrected chi connectivity index (χ2v) is 4.95. The summed E-state index contributed by atoms with van der Waals surface area (Å²) >= 11 is 10.3. The molecule has 0 atom stereocenters. The summed E-state index contributed by atoms with van der Waals surface area (Å²) in [4.78, 5) is 14.0. The molecule has 0 radical (unpaired) electrons. The Morgan fingerprint density at radius 2 is 2.29 bits per heavy atom. The van der Waals surface area contributed by atoms with E-state index in [1.807, 2.05) is 0 Å². The number of rotatable bonds is 3. The van der Waals surface area contributed by atoms with Crippen LogP contribution < -0.4 is 4.74 Å². The molecule has 0 unspecified atom stereocenters. The van der Waals surface area contributed by atoms with Crippen molar-refractivity contribution in [1.29, 1.82) is 0 Å². The zero-order valence-corrected chi connectivity index (χ0v) is 11.3. The van der Waals surface area contributed by atoms with Gasteiger partial charge >= 0.3 is 0 Å². The van der Waals surface area contributed by atoms with E-state index >= 15 is 0 Å². The standard InChI is InChI=1S/C9H4BrClN2O3S/c10-8-4-17-9(12-8)16-7-2-1-5(13(14)15)3-6(7)11/h1-4H. The minimum atomic E-state index is -0.518. The fourth-order valence-corrected chi connectivity index (χ4v) is 2.38. The van der Waals surface area contributed by atoms with E-state index in [1.165, 1.54) is 29.5 Å². The van der Waals surface area contributed by atoms with E-state index in [1.54, 1.807) is 5.38 Å². The molecule has 1 aromatic heterocycles. The zero-order valence-electron chi connectivity index (χ0n) is 8.09. The highest BCUT2D eigenvalue weighted by Gasteiger charge is 2.12. The normalized spacial score (nSPS) is 10.2. The van der Waals surface area contributed by atoms with Gasteiger partial charge < -0.3 is 4.74 Å². The minimum absolute atomic E-state index is 0.0809. The molecule has 0 aliphatic heterocycles. The number of thiazole rings is 1. The third-order valence-corrected chi connectivity index (χ3v) is 3.50. The Bertz CT molecular complexity index is 575. The number of halogens is 2. The van der Waals surface area contributed by atoms with Crippen molar-refractivity contribution in [2.45, 2.75) is 0 Å². The van der Waals surface area contributed by atoms with Crippen molar-refractivity contribution in [3.05, 3.63) is 43.3 Å². The van der Waals surface area contributed by atoms with Crippen LogP contribution in [-0.2, 0) is 0 Å². The summed E-state index contributed by atoms with van der Waals surface area (Å²) in [6, 6.07) is 4.00. The summed E-state index contributed by atoms with van der Waals surface area (Å²) in [6.45, 7) is 0. The Morgan fingerprint density at radius 3 is 2.82 bits per heavy atom. The highest BCUT2D eigenvalue weighted by atomic mass is 79.9. The summed E-state index contributed by atoms with van der Waals surface area (Å²) < 4.78 is 6.05. The first-order chi connectivity index (χ1) is 8.06. The Labute approximate surface area is 113 Å². The van der Waals surface area contributed by atoms with Crippen LogP contribution in [0.5, 0.6) is 10.9 Å². The quantitative estimate of drug-likeness (QED) is 0.621. The Morgan fingerprint density at radius 1 is 1.53 bits per heavy atom. The Kier molecular flexibility index (Phi) is 3.60. The zero-order chi connectivity index (χ0) is 12.4. The fraction of sp³-hybridized carbons (Fsp3) is 0. The number of benzene rings is 1. The van der Waals surface area contributed by atoms with Gasteiger partial charge in [0.15, 0.2) is 0 Å². The van der Waals surface area contributed by atoms with Crippen molar-refractivity contribution in [2.75, 3.05) is 0 Å². The molecule has 0 fully saturated rings. The van der Waals surface area contributed by atoms with E-state index in [0.717, 1.165) is 0 Å². The van der Waals surface area contributed by atoms with Gasteiger partial charge in [-0.15, -0.1) is 0 Å². The molecular weight excluding hydrogens is 332 g/mol. The highest BCUT2D eigenvalue weighted by Crippen LogP contribution is 2.34. The number of non-ortho nitro benzene ring substituents is 1. The number of nitrogens with zero attached hydrogens (tertiary/aromatic N) is 2. The van der Waals surface area contributed by atoms with E-state index < -0.39 is 4.92 Å². The molecule has 0 aliphatic carbocycles. The van der Waals surface area contributed by atoms with Crippen LogP contribution >= 0.6 is 38.9 Å². The number of nitro benzene ring substituents is 1. The molecule has 0 spiro atoms. The van der Waals surface area contributed by atoms with E-state index in [9.17, 15) is 10.1 Å². The number of hydrogen-bond donors (Lipinski definition) is 0. The van der Waals surface area contributed by atoms with Crippen molar-refractivity contribution >= 4 is 44.6 Å². The van der Waals surface area contributed by atoms with Gasteiger partial charge in [0, 0.05) is 17.5 Å². The maximum Gasteiger partial charge on any atom is 0.279 e. The lowest BCUT2D eigenvalue weighted by Gasteiger charge is -2.03. The summed E-state index contributed by atoms with van der Waals surface area (Å²) in [7, 11) is 0. The topological polar surface area (TPSA) is 65.3 Å². The first kappa shape index (κ1) is 12.3. The third-order valence-electron chi connectivity index (χ3n) is 1.78. The van der Waals surface area contributed by atoms with Crippen LogP contribution in [0.2, 0.25) is 5.02 Å². The van der Waals surface area contributed by atoms with E-state index in [-0.39, 0.29) is 10.7 Å². The first-order valence-electron chi connectivity index (χ1n) is 4.29. The van der Waals surface area contributed by atoms with Gasteiger partial charge in [-0.2, -0.15) is 4.98 Å². The number of aromatic nitrogens is 1. The molecule has 0 bridgehead atoms. The average molecular weight is 336 g/mol. The molecule has 0 aliphatic rings. The molecule has 88 valence electrons. The van der Waals surface area contributed by atoms with Crippen molar-refractivity contribution in [3.63, 3.8) is 0 Å². The van der Waals surface area contributed by atoms with Crippen LogP contribution in [0.25, 0.3) is 0 Å². The maximum atomic E-state index is 10.5. The minimum Gasteiger partial charge on any atom is -0.429 e. The Balaban J connectivity index is 2.25.